The number of hydrogen-bond donors (Lipinski definition) is 1. The molecule has 112 valence electrons. The van der Waals surface area contributed by atoms with Gasteiger partial charge in [0, 0.05) is 31.8 Å². The van der Waals surface area contributed by atoms with E-state index in [2.05, 4.69) is 25.7 Å². The van der Waals surface area contributed by atoms with Gasteiger partial charge in [0.25, 0.3) is 0 Å². The fourth-order valence-corrected chi connectivity index (χ4v) is 4.29. The third-order valence-corrected chi connectivity index (χ3v) is 5.57. The summed E-state index contributed by atoms with van der Waals surface area (Å²) >= 11 is 0. The number of nitrogens with zero attached hydrogens (tertiary/aromatic N) is 1. The largest absolute Gasteiger partial charge is 0.378 e. The molecule has 0 aromatic carbocycles. The number of likely N-dealkylation sites (tertiary alicyclic amines) is 1. The Balaban J connectivity index is 1.98. The van der Waals surface area contributed by atoms with E-state index in [4.69, 9.17) is 10.5 Å². The van der Waals surface area contributed by atoms with Crippen molar-refractivity contribution in [2.24, 2.45) is 17.6 Å². The second-order valence-electron chi connectivity index (χ2n) is 6.73. The highest BCUT2D eigenvalue weighted by Gasteiger charge is 2.44. The van der Waals surface area contributed by atoms with Crippen molar-refractivity contribution < 1.29 is 4.74 Å². The van der Waals surface area contributed by atoms with E-state index in [1.807, 2.05) is 0 Å². The van der Waals surface area contributed by atoms with E-state index < -0.39 is 0 Å². The molecule has 0 amide bonds. The highest BCUT2D eigenvalue weighted by Crippen LogP contribution is 2.41. The first-order chi connectivity index (χ1) is 9.12. The van der Waals surface area contributed by atoms with Gasteiger partial charge in [0.05, 0.1) is 6.10 Å². The van der Waals surface area contributed by atoms with E-state index in [0.717, 1.165) is 25.0 Å². The summed E-state index contributed by atoms with van der Waals surface area (Å²) in [5.74, 6) is 1.60. The molecule has 3 heteroatoms. The molecule has 0 bridgehead atoms. The topological polar surface area (TPSA) is 38.5 Å². The van der Waals surface area contributed by atoms with Crippen LogP contribution in [-0.2, 0) is 4.74 Å². The Bertz CT molecular complexity index is 276. The molecule has 2 N–H and O–H groups in total. The Kier molecular flexibility index (Phi) is 5.27. The van der Waals surface area contributed by atoms with Gasteiger partial charge in [-0.3, -0.25) is 4.90 Å². The highest BCUT2D eigenvalue weighted by atomic mass is 16.5. The van der Waals surface area contributed by atoms with Gasteiger partial charge in [-0.05, 0) is 50.9 Å². The normalized spacial score (nSPS) is 38.5. The molecule has 1 heterocycles. The molecule has 1 saturated carbocycles. The summed E-state index contributed by atoms with van der Waals surface area (Å²) in [6, 6.07) is 0. The van der Waals surface area contributed by atoms with Gasteiger partial charge < -0.3 is 10.5 Å². The molecule has 0 aromatic rings. The van der Waals surface area contributed by atoms with Crippen LogP contribution in [0.15, 0.2) is 0 Å². The molecular formula is C16H32N2O. The lowest BCUT2D eigenvalue weighted by molar-refractivity contribution is -0.0527. The lowest BCUT2D eigenvalue weighted by Crippen LogP contribution is -2.62. The van der Waals surface area contributed by atoms with Gasteiger partial charge >= 0.3 is 0 Å². The molecule has 1 aliphatic heterocycles. The van der Waals surface area contributed by atoms with Crippen LogP contribution in [-0.4, -0.2) is 42.8 Å². The smallest absolute Gasteiger partial charge is 0.0599 e. The zero-order valence-electron chi connectivity index (χ0n) is 13.0. The molecule has 0 spiro atoms. The van der Waals surface area contributed by atoms with Crippen molar-refractivity contribution in [3.8, 4) is 0 Å². The molecule has 0 radical (unpaired) electrons. The number of rotatable bonds is 4. The monoisotopic (exact) mass is 268 g/mol. The van der Waals surface area contributed by atoms with E-state index in [1.54, 1.807) is 0 Å². The number of piperidine rings is 1. The number of nitrogens with two attached hydrogens (primary N) is 1. The van der Waals surface area contributed by atoms with Gasteiger partial charge in [-0.1, -0.05) is 13.8 Å². The lowest BCUT2D eigenvalue weighted by Gasteiger charge is -2.53. The van der Waals surface area contributed by atoms with Gasteiger partial charge in [0.2, 0.25) is 0 Å². The van der Waals surface area contributed by atoms with Crippen LogP contribution in [0.5, 0.6) is 0 Å². The molecular weight excluding hydrogens is 236 g/mol. The van der Waals surface area contributed by atoms with E-state index in [1.165, 1.54) is 45.2 Å². The highest BCUT2D eigenvalue weighted by molar-refractivity contribution is 5.00. The average Bonchev–Trinajstić information content (AvgIpc) is 2.41. The summed E-state index contributed by atoms with van der Waals surface area (Å²) < 4.78 is 5.77. The third kappa shape index (κ3) is 3.14. The van der Waals surface area contributed by atoms with Crippen LogP contribution in [0, 0.1) is 11.8 Å². The summed E-state index contributed by atoms with van der Waals surface area (Å²) in [5, 5.41) is 0. The predicted octanol–water partition coefficient (Wildman–Crippen LogP) is 2.64. The molecule has 3 unspecified atom stereocenters. The molecule has 19 heavy (non-hydrogen) atoms. The van der Waals surface area contributed by atoms with Gasteiger partial charge in [0.15, 0.2) is 0 Å². The summed E-state index contributed by atoms with van der Waals surface area (Å²) in [6.07, 6.45) is 6.80. The van der Waals surface area contributed by atoms with Crippen molar-refractivity contribution in [1.29, 1.82) is 0 Å². The molecule has 1 saturated heterocycles. The molecule has 2 rings (SSSR count). The summed E-state index contributed by atoms with van der Waals surface area (Å²) in [5.41, 5.74) is 6.49. The fourth-order valence-electron chi connectivity index (χ4n) is 4.29. The maximum atomic E-state index is 6.23. The number of ether oxygens (including phenoxy) is 1. The standard InChI is InChI=1S/C16H32N2O/c1-4-19-15-6-9-18(10-7-15)16(12-17)8-5-13(2)11-14(16)3/h13-15H,4-12,17H2,1-3H3. The third-order valence-electron chi connectivity index (χ3n) is 5.57. The van der Waals surface area contributed by atoms with Crippen LogP contribution < -0.4 is 5.73 Å². The second kappa shape index (κ2) is 6.55. The first-order valence-electron chi connectivity index (χ1n) is 8.19. The first-order valence-corrected chi connectivity index (χ1v) is 8.19. The minimum absolute atomic E-state index is 0.268. The van der Waals surface area contributed by atoms with Gasteiger partial charge in [0.1, 0.15) is 0 Å². The van der Waals surface area contributed by atoms with Crippen LogP contribution in [0.4, 0.5) is 0 Å². The van der Waals surface area contributed by atoms with Crippen LogP contribution in [0.2, 0.25) is 0 Å². The lowest BCUT2D eigenvalue weighted by atomic mass is 9.68. The summed E-state index contributed by atoms with van der Waals surface area (Å²) in [6.45, 7) is 10.9. The number of hydrogen-bond acceptors (Lipinski definition) is 3. The van der Waals surface area contributed by atoms with Crippen LogP contribution in [0.25, 0.3) is 0 Å². The van der Waals surface area contributed by atoms with Crippen molar-refractivity contribution >= 4 is 0 Å². The van der Waals surface area contributed by atoms with Gasteiger partial charge in [-0.25, -0.2) is 0 Å². The Morgan fingerprint density at radius 3 is 2.42 bits per heavy atom. The van der Waals surface area contributed by atoms with Gasteiger partial charge in [-0.15, -0.1) is 0 Å². The SMILES string of the molecule is CCOC1CCN(C2(CN)CCC(C)CC2C)CC1. The van der Waals surface area contributed by atoms with E-state index >= 15 is 0 Å². The van der Waals surface area contributed by atoms with Crippen LogP contribution in [0.1, 0.15) is 52.9 Å². The van der Waals surface area contributed by atoms with Gasteiger partial charge in [-0.2, -0.15) is 0 Å². The minimum atomic E-state index is 0.268. The Morgan fingerprint density at radius 2 is 1.89 bits per heavy atom. The van der Waals surface area contributed by atoms with E-state index in [-0.39, 0.29) is 5.54 Å². The molecule has 3 nitrogen and oxygen atoms in total. The zero-order chi connectivity index (χ0) is 13.9. The fraction of sp³-hybridized carbons (Fsp3) is 1.00. The maximum Gasteiger partial charge on any atom is 0.0599 e. The van der Waals surface area contributed by atoms with Crippen molar-refractivity contribution in [1.82, 2.24) is 4.90 Å². The maximum absolute atomic E-state index is 6.23. The van der Waals surface area contributed by atoms with E-state index in [0.29, 0.717) is 6.10 Å². The summed E-state index contributed by atoms with van der Waals surface area (Å²) in [7, 11) is 0. The zero-order valence-corrected chi connectivity index (χ0v) is 13.0. The Morgan fingerprint density at radius 1 is 1.21 bits per heavy atom. The van der Waals surface area contributed by atoms with E-state index in [9.17, 15) is 0 Å². The molecule has 0 aromatic heterocycles. The van der Waals surface area contributed by atoms with Crippen molar-refractivity contribution in [2.45, 2.75) is 64.5 Å². The average molecular weight is 268 g/mol. The summed E-state index contributed by atoms with van der Waals surface area (Å²) in [4.78, 5) is 2.69. The Labute approximate surface area is 118 Å². The quantitative estimate of drug-likeness (QED) is 0.852. The van der Waals surface area contributed by atoms with Crippen molar-refractivity contribution in [3.63, 3.8) is 0 Å². The molecule has 3 atom stereocenters. The van der Waals surface area contributed by atoms with Crippen molar-refractivity contribution in [3.05, 3.63) is 0 Å². The van der Waals surface area contributed by atoms with Crippen LogP contribution in [0.3, 0.4) is 0 Å². The molecule has 2 aliphatic rings. The second-order valence-corrected chi connectivity index (χ2v) is 6.73. The van der Waals surface area contributed by atoms with Crippen LogP contribution >= 0.6 is 0 Å². The predicted molar refractivity (Wildman–Crippen MR) is 80.2 cm³/mol. The molecule has 1 aliphatic carbocycles. The minimum Gasteiger partial charge on any atom is -0.378 e. The Hall–Kier alpha value is -0.120. The van der Waals surface area contributed by atoms with Crippen molar-refractivity contribution in [2.75, 3.05) is 26.2 Å². The molecule has 2 fully saturated rings. The first kappa shape index (κ1) is 15.3.